The molecule has 1 aromatic rings. The van der Waals surface area contributed by atoms with Crippen LogP contribution in [0.5, 0.6) is 0 Å². The number of hydrogen-bond donors (Lipinski definition) is 3. The normalized spacial score (nSPS) is 17.6. The highest BCUT2D eigenvalue weighted by atomic mass is 16.3. The van der Waals surface area contributed by atoms with Crippen molar-refractivity contribution in [2.75, 3.05) is 24.2 Å². The number of hydrogen-bond acceptors (Lipinski definition) is 5. The fraction of sp³-hybridized carbons (Fsp3) is 0.733. The highest BCUT2D eigenvalue weighted by Gasteiger charge is 2.28. The molecule has 20 heavy (non-hydrogen) atoms. The number of aliphatic hydroxyl groups is 1. The maximum atomic E-state index is 10.3. The zero-order valence-electron chi connectivity index (χ0n) is 13.0. The van der Waals surface area contributed by atoms with Crippen LogP contribution in [0.25, 0.3) is 0 Å². The highest BCUT2D eigenvalue weighted by molar-refractivity contribution is 5.57. The van der Waals surface area contributed by atoms with E-state index in [0.29, 0.717) is 12.5 Å². The molecule has 1 fully saturated rings. The molecule has 0 saturated heterocycles. The zero-order valence-corrected chi connectivity index (χ0v) is 13.0. The van der Waals surface area contributed by atoms with E-state index in [1.54, 1.807) is 0 Å². The van der Waals surface area contributed by atoms with Crippen LogP contribution in [0.1, 0.15) is 56.8 Å². The minimum Gasteiger partial charge on any atom is -0.388 e. The molecule has 1 aliphatic rings. The highest BCUT2D eigenvalue weighted by Crippen LogP contribution is 2.39. The van der Waals surface area contributed by atoms with Crippen molar-refractivity contribution in [2.24, 2.45) is 0 Å². The number of nitrogens with zero attached hydrogens (tertiary/aromatic N) is 2. The topological polar surface area (TPSA) is 70.1 Å². The van der Waals surface area contributed by atoms with Crippen LogP contribution in [0.2, 0.25) is 0 Å². The van der Waals surface area contributed by atoms with Gasteiger partial charge in [-0.25, -0.2) is 9.97 Å². The van der Waals surface area contributed by atoms with Crippen LogP contribution in [-0.2, 0) is 0 Å². The summed E-state index contributed by atoms with van der Waals surface area (Å²) in [6.45, 7) is 6.45. The largest absolute Gasteiger partial charge is 0.388 e. The lowest BCUT2D eigenvalue weighted by molar-refractivity contribution is 0.0636. The quantitative estimate of drug-likeness (QED) is 0.715. The van der Waals surface area contributed by atoms with Crippen molar-refractivity contribution in [3.63, 3.8) is 0 Å². The molecule has 0 radical (unpaired) electrons. The van der Waals surface area contributed by atoms with E-state index in [9.17, 15) is 5.11 Å². The third-order valence-electron chi connectivity index (χ3n) is 3.77. The minimum absolute atomic E-state index is 0.506. The number of rotatable bonds is 7. The van der Waals surface area contributed by atoms with Gasteiger partial charge in [0.2, 0.25) is 0 Å². The smallest absolute Gasteiger partial charge is 0.136 e. The first kappa shape index (κ1) is 15.0. The maximum Gasteiger partial charge on any atom is 0.136 e. The van der Waals surface area contributed by atoms with E-state index in [0.717, 1.165) is 35.9 Å². The Morgan fingerprint density at radius 2 is 1.95 bits per heavy atom. The standard InChI is InChI=1S/C15H26N4O/c1-5-8-15(3,20)9-17-13-10(2)12(16-4)18-14(19-13)11-6-7-11/h11,20H,5-9H2,1-4H3,(H2,16,17,18,19). The van der Waals surface area contributed by atoms with Crippen LogP contribution >= 0.6 is 0 Å². The SMILES string of the molecule is CCCC(C)(O)CNc1nc(C2CC2)nc(NC)c1C. The van der Waals surface area contributed by atoms with E-state index in [-0.39, 0.29) is 0 Å². The van der Waals surface area contributed by atoms with Gasteiger partial charge in [-0.3, -0.25) is 0 Å². The fourth-order valence-electron chi connectivity index (χ4n) is 2.37. The van der Waals surface area contributed by atoms with Crippen LogP contribution in [-0.4, -0.2) is 34.3 Å². The average molecular weight is 278 g/mol. The molecule has 0 amide bonds. The van der Waals surface area contributed by atoms with Crippen LogP contribution in [0.4, 0.5) is 11.6 Å². The molecule has 0 bridgehead atoms. The molecule has 1 atom stereocenters. The third kappa shape index (κ3) is 3.60. The number of aromatic nitrogens is 2. The zero-order chi connectivity index (χ0) is 14.8. The summed E-state index contributed by atoms with van der Waals surface area (Å²) in [5.41, 5.74) is 0.301. The van der Waals surface area contributed by atoms with Crippen LogP contribution in [0.15, 0.2) is 0 Å². The molecule has 1 aromatic heterocycles. The Morgan fingerprint density at radius 1 is 1.30 bits per heavy atom. The lowest BCUT2D eigenvalue weighted by Crippen LogP contribution is -2.33. The van der Waals surface area contributed by atoms with Crippen LogP contribution in [0, 0.1) is 6.92 Å². The first-order valence-electron chi connectivity index (χ1n) is 7.49. The van der Waals surface area contributed by atoms with E-state index in [2.05, 4.69) is 27.5 Å². The summed E-state index contributed by atoms with van der Waals surface area (Å²) in [5.74, 6) is 3.14. The van der Waals surface area contributed by atoms with E-state index in [1.807, 2.05) is 20.9 Å². The Bertz CT molecular complexity index is 469. The molecule has 1 aliphatic carbocycles. The molecule has 5 nitrogen and oxygen atoms in total. The Morgan fingerprint density at radius 3 is 2.50 bits per heavy atom. The monoisotopic (exact) mass is 278 g/mol. The van der Waals surface area contributed by atoms with Gasteiger partial charge in [-0.05, 0) is 33.1 Å². The molecular weight excluding hydrogens is 252 g/mol. The lowest BCUT2D eigenvalue weighted by atomic mass is 10.0. The molecule has 0 spiro atoms. The van der Waals surface area contributed by atoms with E-state index in [4.69, 9.17) is 0 Å². The second kappa shape index (κ2) is 5.95. The van der Waals surface area contributed by atoms with E-state index < -0.39 is 5.60 Å². The van der Waals surface area contributed by atoms with Gasteiger partial charge in [0.25, 0.3) is 0 Å². The van der Waals surface area contributed by atoms with E-state index >= 15 is 0 Å². The van der Waals surface area contributed by atoms with E-state index in [1.165, 1.54) is 12.8 Å². The number of nitrogens with one attached hydrogen (secondary N) is 2. The van der Waals surface area contributed by atoms with Gasteiger partial charge in [-0.2, -0.15) is 0 Å². The summed E-state index contributed by atoms with van der Waals surface area (Å²) in [6.07, 6.45) is 4.10. The van der Waals surface area contributed by atoms with Gasteiger partial charge in [0.05, 0.1) is 5.60 Å². The summed E-state index contributed by atoms with van der Waals surface area (Å²) in [7, 11) is 1.88. The Hall–Kier alpha value is -1.36. The third-order valence-corrected chi connectivity index (χ3v) is 3.77. The maximum absolute atomic E-state index is 10.3. The van der Waals surface area contributed by atoms with Crippen molar-refractivity contribution in [2.45, 2.75) is 58.0 Å². The van der Waals surface area contributed by atoms with Crippen LogP contribution < -0.4 is 10.6 Å². The predicted octanol–water partition coefficient (Wildman–Crippen LogP) is 2.67. The van der Waals surface area contributed by atoms with Gasteiger partial charge in [0.1, 0.15) is 17.5 Å². The molecule has 0 aromatic carbocycles. The summed E-state index contributed by atoms with van der Waals surface area (Å²) in [4.78, 5) is 9.20. The molecule has 2 rings (SSSR count). The summed E-state index contributed by atoms with van der Waals surface area (Å²) in [6, 6.07) is 0. The predicted molar refractivity (Wildman–Crippen MR) is 82.3 cm³/mol. The van der Waals surface area contributed by atoms with Gasteiger partial charge < -0.3 is 15.7 Å². The van der Waals surface area contributed by atoms with Crippen LogP contribution in [0.3, 0.4) is 0 Å². The Kier molecular flexibility index (Phi) is 4.48. The molecule has 3 N–H and O–H groups in total. The molecule has 1 heterocycles. The Labute approximate surface area is 121 Å². The van der Waals surface area contributed by atoms with Crippen molar-refractivity contribution in [3.05, 3.63) is 11.4 Å². The molecule has 112 valence electrons. The second-order valence-electron chi connectivity index (χ2n) is 6.03. The summed E-state index contributed by atoms with van der Waals surface area (Å²) >= 11 is 0. The van der Waals surface area contributed by atoms with Crippen molar-refractivity contribution < 1.29 is 5.11 Å². The molecule has 0 aliphatic heterocycles. The second-order valence-corrected chi connectivity index (χ2v) is 6.03. The first-order valence-corrected chi connectivity index (χ1v) is 7.49. The van der Waals surface area contributed by atoms with Gasteiger partial charge >= 0.3 is 0 Å². The van der Waals surface area contributed by atoms with Crippen molar-refractivity contribution >= 4 is 11.6 Å². The minimum atomic E-state index is -0.703. The van der Waals surface area contributed by atoms with Gasteiger partial charge in [-0.15, -0.1) is 0 Å². The summed E-state index contributed by atoms with van der Waals surface area (Å²) in [5, 5.41) is 16.7. The van der Waals surface area contributed by atoms with Crippen molar-refractivity contribution in [3.8, 4) is 0 Å². The van der Waals surface area contributed by atoms with Crippen molar-refractivity contribution in [1.29, 1.82) is 0 Å². The van der Waals surface area contributed by atoms with Gasteiger partial charge in [0.15, 0.2) is 0 Å². The fourth-order valence-corrected chi connectivity index (χ4v) is 2.37. The Balaban J connectivity index is 2.15. The molecule has 1 saturated carbocycles. The molecular formula is C15H26N4O. The first-order chi connectivity index (χ1) is 9.46. The molecule has 5 heteroatoms. The van der Waals surface area contributed by atoms with Gasteiger partial charge in [0, 0.05) is 25.1 Å². The lowest BCUT2D eigenvalue weighted by Gasteiger charge is -2.24. The summed E-state index contributed by atoms with van der Waals surface area (Å²) < 4.78 is 0. The molecule has 1 unspecified atom stereocenters. The van der Waals surface area contributed by atoms with Gasteiger partial charge in [-0.1, -0.05) is 13.3 Å². The number of anilines is 2. The average Bonchev–Trinajstić information content (AvgIpc) is 3.22. The van der Waals surface area contributed by atoms with Crippen molar-refractivity contribution in [1.82, 2.24) is 9.97 Å².